The average Bonchev–Trinajstić information content (AvgIpc) is 3.18. The molecule has 0 radical (unpaired) electrons. The van der Waals surface area contributed by atoms with E-state index < -0.39 is 0 Å². The van der Waals surface area contributed by atoms with E-state index in [1.165, 1.54) is 0 Å². The lowest BCUT2D eigenvalue weighted by Gasteiger charge is -2.26. The first-order valence-corrected chi connectivity index (χ1v) is 9.77. The van der Waals surface area contributed by atoms with E-state index in [0.29, 0.717) is 25.4 Å². The summed E-state index contributed by atoms with van der Waals surface area (Å²) in [4.78, 5) is 30.5. The number of thioether (sulfide) groups is 1. The van der Waals surface area contributed by atoms with Gasteiger partial charge in [0.15, 0.2) is 5.17 Å². The Morgan fingerprint density at radius 1 is 1.36 bits per heavy atom. The fourth-order valence-electron chi connectivity index (χ4n) is 3.37. The van der Waals surface area contributed by atoms with E-state index in [1.807, 2.05) is 11.1 Å². The molecule has 0 bridgehead atoms. The van der Waals surface area contributed by atoms with Crippen LogP contribution >= 0.6 is 11.8 Å². The number of carbonyl (C=O) groups is 1. The van der Waals surface area contributed by atoms with Gasteiger partial charge >= 0.3 is 0 Å². The minimum atomic E-state index is 0.155. The van der Waals surface area contributed by atoms with Crippen molar-refractivity contribution in [3.8, 4) is 0 Å². The maximum absolute atomic E-state index is 12.8. The van der Waals surface area contributed by atoms with Gasteiger partial charge in [0.25, 0.3) is 0 Å². The highest BCUT2D eigenvalue weighted by molar-refractivity contribution is 8.16. The van der Waals surface area contributed by atoms with Gasteiger partial charge in [0.05, 0.1) is 18.7 Å². The summed E-state index contributed by atoms with van der Waals surface area (Å²) in [6.07, 6.45) is 4.26. The van der Waals surface area contributed by atoms with Gasteiger partial charge in [0.2, 0.25) is 5.91 Å². The summed E-state index contributed by atoms with van der Waals surface area (Å²) >= 11 is 1.63. The standard InChI is InChI=1S/C18H23N5OS/c1-12(2)6-16-20-8-13-9-22(10-15(13)21-16)17(24)7-14-11-25-18-19-4-3-5-23(14)18/h8,11-12H,3-7,9-10H2,1-2H3. The molecule has 4 heterocycles. The van der Waals surface area contributed by atoms with Gasteiger partial charge < -0.3 is 9.80 Å². The molecule has 0 unspecified atom stereocenters. The molecule has 132 valence electrons. The number of fused-ring (bicyclic) bond motifs is 2. The van der Waals surface area contributed by atoms with E-state index >= 15 is 0 Å². The zero-order valence-corrected chi connectivity index (χ0v) is 15.6. The molecule has 25 heavy (non-hydrogen) atoms. The van der Waals surface area contributed by atoms with E-state index in [2.05, 4.69) is 39.1 Å². The SMILES string of the molecule is CC(C)Cc1ncc2c(n1)CN(C(=O)CC1=CSC3=NCCCN13)C2. The topological polar surface area (TPSA) is 61.7 Å². The second kappa shape index (κ2) is 6.78. The molecule has 1 aromatic heterocycles. The molecule has 0 saturated carbocycles. The molecule has 6 nitrogen and oxygen atoms in total. The van der Waals surface area contributed by atoms with Crippen molar-refractivity contribution >= 4 is 22.8 Å². The van der Waals surface area contributed by atoms with Crippen molar-refractivity contribution in [3.05, 3.63) is 34.4 Å². The molecular weight excluding hydrogens is 334 g/mol. The van der Waals surface area contributed by atoms with Crippen LogP contribution < -0.4 is 0 Å². The molecule has 0 spiro atoms. The smallest absolute Gasteiger partial charge is 0.229 e. The van der Waals surface area contributed by atoms with Gasteiger partial charge in [-0.1, -0.05) is 25.6 Å². The van der Waals surface area contributed by atoms with Crippen LogP contribution in [-0.2, 0) is 24.3 Å². The van der Waals surface area contributed by atoms with Gasteiger partial charge in [-0.05, 0) is 17.7 Å². The molecule has 1 aromatic rings. The zero-order valence-electron chi connectivity index (χ0n) is 14.7. The fraction of sp³-hybridized carbons (Fsp3) is 0.556. The van der Waals surface area contributed by atoms with Crippen molar-refractivity contribution in [1.29, 1.82) is 0 Å². The molecule has 0 N–H and O–H groups in total. The largest absolute Gasteiger partial charge is 0.332 e. The summed E-state index contributed by atoms with van der Waals surface area (Å²) in [5.41, 5.74) is 3.17. The molecule has 4 rings (SSSR count). The van der Waals surface area contributed by atoms with E-state index in [9.17, 15) is 4.79 Å². The molecule has 0 saturated heterocycles. The molecule has 0 aliphatic carbocycles. The Labute approximate surface area is 152 Å². The molecule has 0 aromatic carbocycles. The van der Waals surface area contributed by atoms with E-state index in [4.69, 9.17) is 0 Å². The second-order valence-corrected chi connectivity index (χ2v) is 8.02. The van der Waals surface area contributed by atoms with Crippen LogP contribution in [0.1, 0.15) is 43.8 Å². The van der Waals surface area contributed by atoms with Crippen LogP contribution in [0.25, 0.3) is 0 Å². The van der Waals surface area contributed by atoms with Gasteiger partial charge in [-0.25, -0.2) is 9.97 Å². The van der Waals surface area contributed by atoms with Crippen molar-refractivity contribution in [3.63, 3.8) is 0 Å². The Kier molecular flexibility index (Phi) is 4.50. The Morgan fingerprint density at radius 3 is 3.08 bits per heavy atom. The minimum absolute atomic E-state index is 0.155. The van der Waals surface area contributed by atoms with Crippen LogP contribution in [0.3, 0.4) is 0 Å². The van der Waals surface area contributed by atoms with Gasteiger partial charge in [-0.3, -0.25) is 9.79 Å². The van der Waals surface area contributed by atoms with Crippen molar-refractivity contribution in [1.82, 2.24) is 19.8 Å². The lowest BCUT2D eigenvalue weighted by atomic mass is 10.1. The van der Waals surface area contributed by atoms with E-state index in [1.54, 1.807) is 11.8 Å². The van der Waals surface area contributed by atoms with Gasteiger partial charge in [0.1, 0.15) is 5.82 Å². The highest BCUT2D eigenvalue weighted by atomic mass is 32.2. The molecule has 3 aliphatic heterocycles. The Bertz CT molecular complexity index is 758. The van der Waals surface area contributed by atoms with Crippen molar-refractivity contribution in [2.24, 2.45) is 10.9 Å². The van der Waals surface area contributed by atoms with Crippen LogP contribution in [-0.4, -0.2) is 43.9 Å². The summed E-state index contributed by atoms with van der Waals surface area (Å²) < 4.78 is 0. The van der Waals surface area contributed by atoms with Crippen LogP contribution in [0.15, 0.2) is 22.3 Å². The number of nitrogens with zero attached hydrogens (tertiary/aromatic N) is 5. The van der Waals surface area contributed by atoms with E-state index in [-0.39, 0.29) is 5.91 Å². The van der Waals surface area contributed by atoms with Crippen LogP contribution in [0.4, 0.5) is 0 Å². The number of hydrogen-bond acceptors (Lipinski definition) is 6. The Hall–Kier alpha value is -1.89. The predicted molar refractivity (Wildman–Crippen MR) is 98.7 cm³/mol. The predicted octanol–water partition coefficient (Wildman–Crippen LogP) is 2.56. The maximum atomic E-state index is 12.8. The number of aromatic nitrogens is 2. The van der Waals surface area contributed by atoms with E-state index in [0.717, 1.165) is 53.9 Å². The first-order chi connectivity index (χ1) is 12.1. The van der Waals surface area contributed by atoms with Crippen molar-refractivity contribution in [2.45, 2.75) is 46.2 Å². The number of hydrogen-bond donors (Lipinski definition) is 0. The molecule has 7 heteroatoms. The van der Waals surface area contributed by atoms with Gasteiger partial charge in [-0.15, -0.1) is 0 Å². The molecule has 1 amide bonds. The van der Waals surface area contributed by atoms with Crippen LogP contribution in [0.5, 0.6) is 0 Å². The Balaban J connectivity index is 1.41. The zero-order chi connectivity index (χ0) is 17.4. The van der Waals surface area contributed by atoms with Crippen LogP contribution in [0, 0.1) is 5.92 Å². The molecule has 3 aliphatic rings. The highest BCUT2D eigenvalue weighted by Crippen LogP contribution is 2.32. The quantitative estimate of drug-likeness (QED) is 0.829. The third kappa shape index (κ3) is 3.42. The van der Waals surface area contributed by atoms with Gasteiger partial charge in [-0.2, -0.15) is 0 Å². The molecule has 0 atom stereocenters. The summed E-state index contributed by atoms with van der Waals surface area (Å²) in [5.74, 6) is 1.57. The second-order valence-electron chi connectivity index (χ2n) is 7.18. The number of aliphatic imine (C=N–C) groups is 1. The van der Waals surface area contributed by atoms with Crippen molar-refractivity contribution in [2.75, 3.05) is 13.1 Å². The number of amidine groups is 1. The molecule has 0 fully saturated rings. The average molecular weight is 357 g/mol. The van der Waals surface area contributed by atoms with Gasteiger partial charge in [0, 0.05) is 43.5 Å². The Morgan fingerprint density at radius 2 is 2.24 bits per heavy atom. The number of carbonyl (C=O) groups excluding carboxylic acids is 1. The summed E-state index contributed by atoms with van der Waals surface area (Å²) in [5, 5.41) is 3.12. The highest BCUT2D eigenvalue weighted by Gasteiger charge is 2.30. The monoisotopic (exact) mass is 357 g/mol. The minimum Gasteiger partial charge on any atom is -0.332 e. The lowest BCUT2D eigenvalue weighted by molar-refractivity contribution is -0.131. The van der Waals surface area contributed by atoms with Crippen LogP contribution in [0.2, 0.25) is 0 Å². The third-order valence-electron chi connectivity index (χ3n) is 4.65. The first-order valence-electron chi connectivity index (χ1n) is 8.89. The lowest BCUT2D eigenvalue weighted by Crippen LogP contribution is -2.33. The number of rotatable bonds is 4. The van der Waals surface area contributed by atoms with Crippen molar-refractivity contribution < 1.29 is 4.79 Å². The summed E-state index contributed by atoms with van der Waals surface area (Å²) in [7, 11) is 0. The number of amides is 1. The fourth-order valence-corrected chi connectivity index (χ4v) is 4.33. The normalized spacial score (nSPS) is 19.0. The third-order valence-corrected chi connectivity index (χ3v) is 5.60. The summed E-state index contributed by atoms with van der Waals surface area (Å²) in [6, 6.07) is 0. The first kappa shape index (κ1) is 16.6. The summed E-state index contributed by atoms with van der Waals surface area (Å²) in [6.45, 7) is 7.42. The molecular formula is C18H23N5OS. The maximum Gasteiger partial charge on any atom is 0.229 e.